The molecule has 3 saturated heterocycles. The molecule has 13 heteroatoms. The lowest BCUT2D eigenvalue weighted by atomic mass is 9.73. The van der Waals surface area contributed by atoms with E-state index in [0.717, 1.165) is 5.01 Å². The Morgan fingerprint density at radius 1 is 1.05 bits per heavy atom. The number of methoxy groups -OCH3 is 1. The number of ketones is 2. The lowest BCUT2D eigenvalue weighted by molar-refractivity contribution is -0.295. The number of esters is 1. The minimum Gasteiger partial charge on any atom is -0.458 e. The fourth-order valence-electron chi connectivity index (χ4n) is 7.41. The molecule has 1 amide bonds. The van der Waals surface area contributed by atoms with E-state index in [4.69, 9.17) is 29.5 Å². The van der Waals surface area contributed by atoms with Crippen LogP contribution in [0.15, 0.2) is 0 Å². The van der Waals surface area contributed by atoms with Gasteiger partial charge >= 0.3 is 12.1 Å². The number of amides is 1. The molecule has 13 atom stereocenters. The number of hydrogen-bond donors (Lipinski definition) is 2. The summed E-state index contributed by atoms with van der Waals surface area (Å²) in [5, 5.41) is 12.1. The highest BCUT2D eigenvalue weighted by Crippen LogP contribution is 2.42. The third kappa shape index (κ3) is 6.68. The Kier molecular flexibility index (Phi) is 11.3. The number of Topliss-reactive ketones (excluding diaryl/α,β-unsaturated/α-hetero) is 2. The van der Waals surface area contributed by atoms with Gasteiger partial charge in [0.15, 0.2) is 17.7 Å². The molecule has 3 aliphatic rings. The van der Waals surface area contributed by atoms with Crippen LogP contribution in [0.25, 0.3) is 0 Å². The van der Waals surface area contributed by atoms with Crippen molar-refractivity contribution in [1.82, 2.24) is 9.91 Å². The zero-order chi connectivity index (χ0) is 33.5. The Morgan fingerprint density at radius 2 is 1.66 bits per heavy atom. The SMILES string of the molecule is CCC1OC(=O)[C@H](C)C(=O)[C@H](C)[C@@H](O[C@@H]2O[C@H](C)C[C@H](N(C)C)[C@H]2O)[C@](C)(OC)C[C@@H](C)C(=O)[C@@H](C)[C@H]2N(N)C(=O)O[C@]12C. The summed E-state index contributed by atoms with van der Waals surface area (Å²) < 4.78 is 30.1. The first-order valence-corrected chi connectivity index (χ1v) is 15.6. The van der Waals surface area contributed by atoms with Crippen molar-refractivity contribution in [3.63, 3.8) is 0 Å². The Hall–Kier alpha value is -2.16. The van der Waals surface area contributed by atoms with Crippen LogP contribution in [0.1, 0.15) is 74.7 Å². The summed E-state index contributed by atoms with van der Waals surface area (Å²) in [6.45, 7) is 13.5. The molecular weight excluding hydrogens is 574 g/mol. The quantitative estimate of drug-likeness (QED) is 0.197. The second-order valence-electron chi connectivity index (χ2n) is 13.6. The summed E-state index contributed by atoms with van der Waals surface area (Å²) in [5.41, 5.74) is -2.71. The molecule has 0 aromatic carbocycles. The fraction of sp³-hybridized carbons (Fsp3) is 0.871. The van der Waals surface area contributed by atoms with Crippen LogP contribution in [0.4, 0.5) is 4.79 Å². The van der Waals surface area contributed by atoms with Crippen molar-refractivity contribution in [3.8, 4) is 0 Å². The smallest absolute Gasteiger partial charge is 0.425 e. The lowest BCUT2D eigenvalue weighted by Gasteiger charge is -2.47. The number of rotatable bonds is 5. The van der Waals surface area contributed by atoms with Gasteiger partial charge in [-0.05, 0) is 61.1 Å². The second kappa shape index (κ2) is 13.7. The average molecular weight is 628 g/mol. The van der Waals surface area contributed by atoms with Crippen molar-refractivity contribution in [2.24, 2.45) is 29.5 Å². The van der Waals surface area contributed by atoms with E-state index in [-0.39, 0.29) is 30.8 Å². The van der Waals surface area contributed by atoms with Gasteiger partial charge in [0.25, 0.3) is 0 Å². The molecular formula is C31H53N3O10. The van der Waals surface area contributed by atoms with E-state index < -0.39 is 83.4 Å². The van der Waals surface area contributed by atoms with Gasteiger partial charge < -0.3 is 33.7 Å². The van der Waals surface area contributed by atoms with Crippen LogP contribution in [0.5, 0.6) is 0 Å². The highest BCUT2D eigenvalue weighted by atomic mass is 16.7. The number of fused-ring (bicyclic) bond motifs is 1. The van der Waals surface area contributed by atoms with Gasteiger partial charge in [-0.1, -0.05) is 27.7 Å². The third-order valence-electron chi connectivity index (χ3n) is 10.1. The summed E-state index contributed by atoms with van der Waals surface area (Å²) >= 11 is 0. The predicted molar refractivity (Wildman–Crippen MR) is 159 cm³/mol. The number of aliphatic hydroxyl groups is 1. The van der Waals surface area contributed by atoms with Crippen molar-refractivity contribution >= 4 is 23.6 Å². The summed E-state index contributed by atoms with van der Waals surface area (Å²) in [5.74, 6) is 1.03. The van der Waals surface area contributed by atoms with Crippen molar-refractivity contribution in [3.05, 3.63) is 0 Å². The molecule has 0 saturated carbocycles. The molecule has 0 aromatic rings. The largest absolute Gasteiger partial charge is 0.458 e. The fourth-order valence-corrected chi connectivity index (χ4v) is 7.41. The predicted octanol–water partition coefficient (Wildman–Crippen LogP) is 2.06. The first-order chi connectivity index (χ1) is 20.3. The molecule has 3 heterocycles. The van der Waals surface area contributed by atoms with Crippen molar-refractivity contribution in [2.45, 2.75) is 129 Å². The summed E-state index contributed by atoms with van der Waals surface area (Å²) in [6, 6.07) is -1.22. The van der Waals surface area contributed by atoms with Crippen LogP contribution in [-0.2, 0) is 38.1 Å². The zero-order valence-electron chi connectivity index (χ0n) is 28.1. The molecule has 252 valence electrons. The number of nitrogens with zero attached hydrogens (tertiary/aromatic N) is 2. The number of aliphatic hydroxyl groups excluding tert-OH is 1. The Morgan fingerprint density at radius 3 is 2.20 bits per heavy atom. The van der Waals surface area contributed by atoms with Gasteiger partial charge in [0.2, 0.25) is 0 Å². The molecule has 0 aromatic heterocycles. The van der Waals surface area contributed by atoms with Gasteiger partial charge in [-0.25, -0.2) is 15.6 Å². The first kappa shape index (κ1) is 36.3. The van der Waals surface area contributed by atoms with Crippen LogP contribution >= 0.6 is 0 Å². The van der Waals surface area contributed by atoms with Gasteiger partial charge in [0, 0.05) is 30.9 Å². The van der Waals surface area contributed by atoms with Crippen LogP contribution in [0, 0.1) is 23.7 Å². The topological polar surface area (TPSA) is 167 Å². The van der Waals surface area contributed by atoms with E-state index in [1.165, 1.54) is 14.0 Å². The Bertz CT molecular complexity index is 1090. The van der Waals surface area contributed by atoms with E-state index >= 15 is 0 Å². The molecule has 3 fully saturated rings. The van der Waals surface area contributed by atoms with E-state index in [1.807, 2.05) is 25.9 Å². The third-order valence-corrected chi connectivity index (χ3v) is 10.1. The van der Waals surface area contributed by atoms with Crippen LogP contribution in [0.3, 0.4) is 0 Å². The Balaban J connectivity index is 2.11. The van der Waals surface area contributed by atoms with E-state index in [9.17, 15) is 24.3 Å². The summed E-state index contributed by atoms with van der Waals surface area (Å²) in [4.78, 5) is 56.1. The number of likely N-dealkylation sites (N-methyl/N-ethyl adjacent to an activating group) is 1. The molecule has 3 rings (SSSR count). The number of hydrogen-bond acceptors (Lipinski definition) is 12. The van der Waals surface area contributed by atoms with Crippen molar-refractivity contribution < 1.29 is 48.0 Å². The van der Waals surface area contributed by atoms with E-state index in [2.05, 4.69) is 0 Å². The molecule has 0 radical (unpaired) electrons. The van der Waals surface area contributed by atoms with Crippen molar-refractivity contribution in [1.29, 1.82) is 0 Å². The van der Waals surface area contributed by atoms with Gasteiger partial charge in [-0.15, -0.1) is 0 Å². The standard InChI is InChI=1S/C31H53N3O10/c1-12-21-31(8)25(34(32)29(39)44-31)17(4)22(35)15(2)14-30(7,40-11)26(18(5)23(36)19(6)27(38)42-21)43-28-24(37)20(33(9)10)13-16(3)41-28/h15-21,24-26,28,37H,12-14,32H2,1-11H3/t15-,16-,17-,18+,19-,20+,21?,24-,25-,26-,28+,30-,31-/m1/s1. The maximum atomic E-state index is 14.0. The number of carbonyl (C=O) groups excluding carboxylic acids is 4. The lowest BCUT2D eigenvalue weighted by Crippen LogP contribution is -2.60. The summed E-state index contributed by atoms with van der Waals surface area (Å²) in [6.07, 6.45) is -4.33. The molecule has 0 spiro atoms. The van der Waals surface area contributed by atoms with Gasteiger partial charge in [0.05, 0.1) is 17.8 Å². The van der Waals surface area contributed by atoms with E-state index in [1.54, 1.807) is 41.5 Å². The normalized spacial score (nSPS) is 44.7. The van der Waals surface area contributed by atoms with Crippen LogP contribution in [0.2, 0.25) is 0 Å². The number of cyclic esters (lactones) is 1. The van der Waals surface area contributed by atoms with Crippen molar-refractivity contribution in [2.75, 3.05) is 21.2 Å². The highest BCUT2D eigenvalue weighted by molar-refractivity contribution is 6.00. The van der Waals surface area contributed by atoms with Gasteiger partial charge in [0.1, 0.15) is 30.0 Å². The number of hydrazine groups is 1. The zero-order valence-corrected chi connectivity index (χ0v) is 28.1. The average Bonchev–Trinajstić information content (AvgIpc) is 3.20. The first-order valence-electron chi connectivity index (χ1n) is 15.6. The Labute approximate surface area is 261 Å². The van der Waals surface area contributed by atoms with Crippen LogP contribution in [-0.4, -0.2) is 114 Å². The minimum atomic E-state index is -1.45. The van der Waals surface area contributed by atoms with E-state index in [0.29, 0.717) is 6.42 Å². The molecule has 3 N–H and O–H groups in total. The number of nitrogens with two attached hydrogens (primary N) is 1. The maximum absolute atomic E-state index is 14.0. The summed E-state index contributed by atoms with van der Waals surface area (Å²) in [7, 11) is 5.18. The van der Waals surface area contributed by atoms with Gasteiger partial charge in [-0.2, -0.15) is 0 Å². The monoisotopic (exact) mass is 627 g/mol. The molecule has 44 heavy (non-hydrogen) atoms. The maximum Gasteiger partial charge on any atom is 0.425 e. The molecule has 3 aliphatic heterocycles. The molecule has 13 nitrogen and oxygen atoms in total. The van der Waals surface area contributed by atoms with Gasteiger partial charge in [-0.3, -0.25) is 14.4 Å². The highest BCUT2D eigenvalue weighted by Gasteiger charge is 2.60. The minimum absolute atomic E-state index is 0.114. The second-order valence-corrected chi connectivity index (χ2v) is 13.6. The molecule has 1 unspecified atom stereocenters. The molecule has 0 aliphatic carbocycles. The number of carbonyl (C=O) groups is 4. The number of ether oxygens (including phenoxy) is 5. The molecule has 0 bridgehead atoms. The van der Waals surface area contributed by atoms with Crippen LogP contribution < -0.4 is 5.84 Å².